The van der Waals surface area contributed by atoms with E-state index in [-0.39, 0.29) is 0 Å². The zero-order valence-electron chi connectivity index (χ0n) is 11.2. The molecule has 2 heterocycles. The number of rotatable bonds is 6. The van der Waals surface area contributed by atoms with Crippen LogP contribution in [0.15, 0.2) is 18.2 Å². The molecule has 98 valence electrons. The van der Waals surface area contributed by atoms with Crippen molar-refractivity contribution >= 4 is 5.69 Å². The Hall–Kier alpha value is -1.06. The van der Waals surface area contributed by atoms with E-state index in [1.54, 1.807) is 0 Å². The molecule has 2 fully saturated rings. The monoisotopic (exact) mass is 247 g/mol. The normalized spacial score (nSPS) is 25.0. The summed E-state index contributed by atoms with van der Waals surface area (Å²) in [5.74, 6) is 0. The smallest absolute Gasteiger partial charge is 0.0984 e. The van der Waals surface area contributed by atoms with Crippen molar-refractivity contribution in [3.8, 4) is 0 Å². The van der Waals surface area contributed by atoms with Crippen molar-refractivity contribution in [2.45, 2.75) is 32.5 Å². The summed E-state index contributed by atoms with van der Waals surface area (Å²) in [6.07, 6.45) is 1.92. The average Bonchev–Trinajstić information content (AvgIpc) is 3.23. The van der Waals surface area contributed by atoms with Gasteiger partial charge in [-0.3, -0.25) is 0 Å². The molecule has 0 radical (unpaired) electrons. The number of anilines is 1. The SMILES string of the molecule is CCc1cccc(C)c1N(CC1CO1)CC1CO1. The Labute approximate surface area is 109 Å². The van der Waals surface area contributed by atoms with E-state index in [0.29, 0.717) is 12.2 Å². The third kappa shape index (κ3) is 2.68. The van der Waals surface area contributed by atoms with E-state index in [4.69, 9.17) is 9.47 Å². The van der Waals surface area contributed by atoms with E-state index in [1.807, 2.05) is 0 Å². The molecule has 0 bridgehead atoms. The molecule has 3 nitrogen and oxygen atoms in total. The fourth-order valence-electron chi connectivity index (χ4n) is 2.55. The van der Waals surface area contributed by atoms with Gasteiger partial charge >= 0.3 is 0 Å². The van der Waals surface area contributed by atoms with Crippen molar-refractivity contribution in [2.24, 2.45) is 0 Å². The van der Waals surface area contributed by atoms with Crippen molar-refractivity contribution in [3.63, 3.8) is 0 Å². The van der Waals surface area contributed by atoms with Crippen LogP contribution in [0.5, 0.6) is 0 Å². The highest BCUT2D eigenvalue weighted by atomic mass is 16.6. The molecular weight excluding hydrogens is 226 g/mol. The standard InChI is InChI=1S/C15H21NO2/c1-3-12-6-4-5-11(2)15(12)16(7-13-9-17-13)8-14-10-18-14/h4-6,13-14H,3,7-10H2,1-2H3. The van der Waals surface area contributed by atoms with Crippen LogP contribution in [0.25, 0.3) is 0 Å². The highest BCUT2D eigenvalue weighted by Crippen LogP contribution is 2.29. The molecule has 0 aromatic heterocycles. The minimum atomic E-state index is 0.424. The maximum atomic E-state index is 5.39. The lowest BCUT2D eigenvalue weighted by Gasteiger charge is -2.27. The summed E-state index contributed by atoms with van der Waals surface area (Å²) in [5, 5.41) is 0. The number of aryl methyl sites for hydroxylation is 2. The Kier molecular flexibility index (Phi) is 3.27. The second kappa shape index (κ2) is 4.90. The number of nitrogens with zero attached hydrogens (tertiary/aromatic N) is 1. The largest absolute Gasteiger partial charge is 0.371 e. The summed E-state index contributed by atoms with van der Waals surface area (Å²) in [5.41, 5.74) is 4.18. The van der Waals surface area contributed by atoms with Crippen LogP contribution in [0.3, 0.4) is 0 Å². The first-order valence-corrected chi connectivity index (χ1v) is 6.84. The Bertz CT molecular complexity index is 411. The zero-order valence-corrected chi connectivity index (χ0v) is 11.2. The van der Waals surface area contributed by atoms with Crippen LogP contribution in [-0.4, -0.2) is 38.5 Å². The molecule has 0 spiro atoms. The van der Waals surface area contributed by atoms with E-state index in [2.05, 4.69) is 36.9 Å². The van der Waals surface area contributed by atoms with Crippen LogP contribution in [0.4, 0.5) is 5.69 Å². The maximum absolute atomic E-state index is 5.39. The van der Waals surface area contributed by atoms with Gasteiger partial charge in [-0.1, -0.05) is 25.1 Å². The van der Waals surface area contributed by atoms with E-state index < -0.39 is 0 Å². The molecule has 1 aromatic rings. The van der Waals surface area contributed by atoms with E-state index in [9.17, 15) is 0 Å². The third-order valence-electron chi connectivity index (χ3n) is 3.67. The predicted molar refractivity (Wildman–Crippen MR) is 72.3 cm³/mol. The average molecular weight is 247 g/mol. The van der Waals surface area contributed by atoms with Gasteiger partial charge in [0.2, 0.25) is 0 Å². The van der Waals surface area contributed by atoms with Gasteiger partial charge in [0.15, 0.2) is 0 Å². The summed E-state index contributed by atoms with van der Waals surface area (Å²) < 4.78 is 10.8. The fraction of sp³-hybridized carbons (Fsp3) is 0.600. The molecule has 2 aliphatic heterocycles. The molecule has 3 rings (SSSR count). The summed E-state index contributed by atoms with van der Waals surface area (Å²) in [6, 6.07) is 6.58. The Morgan fingerprint density at radius 1 is 1.17 bits per heavy atom. The van der Waals surface area contributed by atoms with Gasteiger partial charge in [-0.25, -0.2) is 0 Å². The number of para-hydroxylation sites is 1. The molecule has 2 atom stereocenters. The Balaban J connectivity index is 1.86. The maximum Gasteiger partial charge on any atom is 0.0984 e. The van der Waals surface area contributed by atoms with Gasteiger partial charge in [0.1, 0.15) is 0 Å². The number of benzene rings is 1. The van der Waals surface area contributed by atoms with Crippen LogP contribution in [-0.2, 0) is 15.9 Å². The molecule has 2 saturated heterocycles. The van der Waals surface area contributed by atoms with Crippen LogP contribution in [0.2, 0.25) is 0 Å². The quantitative estimate of drug-likeness (QED) is 0.721. The van der Waals surface area contributed by atoms with Gasteiger partial charge in [-0.2, -0.15) is 0 Å². The minimum Gasteiger partial charge on any atom is -0.371 e. The van der Waals surface area contributed by atoms with Gasteiger partial charge in [0.05, 0.1) is 25.4 Å². The molecule has 3 heteroatoms. The molecular formula is C15H21NO2. The van der Waals surface area contributed by atoms with Crippen molar-refractivity contribution in [2.75, 3.05) is 31.2 Å². The summed E-state index contributed by atoms with van der Waals surface area (Å²) in [7, 11) is 0. The number of ether oxygens (including phenoxy) is 2. The van der Waals surface area contributed by atoms with Crippen molar-refractivity contribution in [3.05, 3.63) is 29.3 Å². The zero-order chi connectivity index (χ0) is 12.5. The van der Waals surface area contributed by atoms with Crippen LogP contribution < -0.4 is 4.90 Å². The molecule has 18 heavy (non-hydrogen) atoms. The molecule has 0 aliphatic carbocycles. The lowest BCUT2D eigenvalue weighted by atomic mass is 10.0. The lowest BCUT2D eigenvalue weighted by Crippen LogP contribution is -2.33. The summed E-state index contributed by atoms with van der Waals surface area (Å²) in [4.78, 5) is 2.46. The number of hydrogen-bond acceptors (Lipinski definition) is 3. The number of hydrogen-bond donors (Lipinski definition) is 0. The minimum absolute atomic E-state index is 0.424. The molecule has 1 aromatic carbocycles. The fourth-order valence-corrected chi connectivity index (χ4v) is 2.55. The lowest BCUT2D eigenvalue weighted by molar-refractivity contribution is 0.388. The molecule has 0 saturated carbocycles. The topological polar surface area (TPSA) is 28.3 Å². The van der Waals surface area contributed by atoms with Gasteiger partial charge in [0.25, 0.3) is 0 Å². The second-order valence-electron chi connectivity index (χ2n) is 5.25. The van der Waals surface area contributed by atoms with Crippen molar-refractivity contribution in [1.29, 1.82) is 0 Å². The Morgan fingerprint density at radius 2 is 1.78 bits per heavy atom. The second-order valence-corrected chi connectivity index (χ2v) is 5.25. The van der Waals surface area contributed by atoms with Crippen LogP contribution in [0, 0.1) is 6.92 Å². The first-order valence-electron chi connectivity index (χ1n) is 6.84. The molecule has 0 N–H and O–H groups in total. The van der Waals surface area contributed by atoms with Crippen molar-refractivity contribution in [1.82, 2.24) is 0 Å². The van der Waals surface area contributed by atoms with Crippen molar-refractivity contribution < 1.29 is 9.47 Å². The highest BCUT2D eigenvalue weighted by molar-refractivity contribution is 5.59. The van der Waals surface area contributed by atoms with Crippen LogP contribution in [0.1, 0.15) is 18.1 Å². The van der Waals surface area contributed by atoms with E-state index in [1.165, 1.54) is 16.8 Å². The highest BCUT2D eigenvalue weighted by Gasteiger charge is 2.31. The van der Waals surface area contributed by atoms with E-state index >= 15 is 0 Å². The van der Waals surface area contributed by atoms with Gasteiger partial charge < -0.3 is 14.4 Å². The van der Waals surface area contributed by atoms with Gasteiger partial charge in [0, 0.05) is 18.8 Å². The van der Waals surface area contributed by atoms with E-state index in [0.717, 1.165) is 32.7 Å². The number of epoxide rings is 2. The predicted octanol–water partition coefficient (Wildman–Crippen LogP) is 2.16. The molecule has 2 unspecified atom stereocenters. The summed E-state index contributed by atoms with van der Waals surface area (Å²) >= 11 is 0. The summed E-state index contributed by atoms with van der Waals surface area (Å²) in [6.45, 7) is 8.24. The third-order valence-corrected chi connectivity index (χ3v) is 3.67. The van der Waals surface area contributed by atoms with Gasteiger partial charge in [-0.15, -0.1) is 0 Å². The first-order chi connectivity index (χ1) is 8.78. The molecule has 2 aliphatic rings. The first kappa shape index (κ1) is 12.0. The Morgan fingerprint density at radius 3 is 2.28 bits per heavy atom. The van der Waals surface area contributed by atoms with Gasteiger partial charge in [-0.05, 0) is 24.5 Å². The molecule has 0 amide bonds. The van der Waals surface area contributed by atoms with Crippen LogP contribution >= 0.6 is 0 Å².